The topological polar surface area (TPSA) is 89.6 Å². The number of nitrogens with one attached hydrogen (secondary N) is 1. The molecule has 202 valence electrons. The summed E-state index contributed by atoms with van der Waals surface area (Å²) in [5.74, 6) is -7.25. The van der Waals surface area contributed by atoms with Crippen LogP contribution in [0.2, 0.25) is 0 Å². The molecule has 1 fully saturated rings. The van der Waals surface area contributed by atoms with Gasteiger partial charge in [0.15, 0.2) is 11.6 Å². The number of hydrogen-bond donors (Lipinski definition) is 1. The Morgan fingerprint density at radius 2 is 2.11 bits per heavy atom. The number of halogens is 6. The second-order valence-electron chi connectivity index (χ2n) is 8.79. The molecule has 4 aromatic rings. The Morgan fingerprint density at radius 3 is 2.79 bits per heavy atom. The summed E-state index contributed by atoms with van der Waals surface area (Å²) in [6.07, 6.45) is -1.23. The van der Waals surface area contributed by atoms with Crippen molar-refractivity contribution in [2.75, 3.05) is 25.4 Å². The van der Waals surface area contributed by atoms with Gasteiger partial charge in [0.1, 0.15) is 11.0 Å². The van der Waals surface area contributed by atoms with Crippen LogP contribution in [0.1, 0.15) is 17.5 Å². The predicted octanol–water partition coefficient (Wildman–Crippen LogP) is 3.97. The molecular weight excluding hydrogens is 520 g/mol. The van der Waals surface area contributed by atoms with E-state index in [0.29, 0.717) is 0 Å². The first kappa shape index (κ1) is 22.0. The van der Waals surface area contributed by atoms with Crippen molar-refractivity contribution in [3.05, 3.63) is 36.3 Å². The Kier molecular flexibility index (Phi) is 5.42. The van der Waals surface area contributed by atoms with Gasteiger partial charge in [-0.25, -0.2) is 35.8 Å². The minimum atomic E-state index is -3.42. The van der Waals surface area contributed by atoms with E-state index in [1.165, 1.54) is 6.07 Å². The summed E-state index contributed by atoms with van der Waals surface area (Å²) in [4.78, 5) is 20.2. The first-order valence-electron chi connectivity index (χ1n) is 12.7. The number of carbonyl (C=O) groups excluding carboxylic acids is 1. The van der Waals surface area contributed by atoms with Gasteiger partial charge < -0.3 is 19.5 Å². The molecule has 38 heavy (non-hydrogen) atoms. The molecular formula is C23H21F6N7O2. The number of amides is 1. The summed E-state index contributed by atoms with van der Waals surface area (Å²) < 4.78 is 115. The van der Waals surface area contributed by atoms with Gasteiger partial charge in [0.2, 0.25) is 17.7 Å². The summed E-state index contributed by atoms with van der Waals surface area (Å²) in [7, 11) is -3.13. The number of nitrogens with zero attached hydrogens (tertiary/aromatic N) is 6. The second kappa shape index (κ2) is 9.36. The first-order chi connectivity index (χ1) is 19.1. The molecule has 1 saturated heterocycles. The van der Waals surface area contributed by atoms with Crippen LogP contribution in [0.3, 0.4) is 0 Å². The number of benzene rings is 1. The van der Waals surface area contributed by atoms with Gasteiger partial charge in [-0.1, -0.05) is 0 Å². The van der Waals surface area contributed by atoms with Crippen LogP contribution in [0.5, 0.6) is 5.88 Å². The van der Waals surface area contributed by atoms with Gasteiger partial charge >= 0.3 is 0 Å². The molecule has 0 aliphatic carbocycles. The Bertz CT molecular complexity index is 1640. The molecule has 0 saturated carbocycles. The van der Waals surface area contributed by atoms with Crippen LogP contribution >= 0.6 is 0 Å². The highest BCUT2D eigenvalue weighted by atomic mass is 19.3. The van der Waals surface area contributed by atoms with Crippen LogP contribution in [0.4, 0.5) is 32.3 Å². The molecule has 1 aromatic carbocycles. The molecule has 15 heteroatoms. The van der Waals surface area contributed by atoms with E-state index in [9.17, 15) is 26.7 Å². The normalized spacial score (nSPS) is 19.0. The number of carbonyl (C=O) groups is 1. The molecule has 5 rings (SSSR count). The second-order valence-corrected chi connectivity index (χ2v) is 8.79. The van der Waals surface area contributed by atoms with Crippen LogP contribution in [-0.2, 0) is 11.3 Å². The van der Waals surface area contributed by atoms with Crippen molar-refractivity contribution in [3.63, 3.8) is 0 Å². The lowest BCUT2D eigenvalue weighted by Gasteiger charge is -2.38. The van der Waals surface area contributed by atoms with Crippen molar-refractivity contribution in [1.82, 2.24) is 29.0 Å². The van der Waals surface area contributed by atoms with Gasteiger partial charge in [-0.15, -0.1) is 5.10 Å². The molecule has 0 radical (unpaired) electrons. The number of fused-ring (bicyclic) bond motifs is 2. The zero-order valence-electron chi connectivity index (χ0n) is 22.6. The van der Waals surface area contributed by atoms with Gasteiger partial charge in [0, 0.05) is 13.5 Å². The van der Waals surface area contributed by atoms with Gasteiger partial charge in [-0.05, 0) is 24.1 Å². The highest BCUT2D eigenvalue weighted by Gasteiger charge is 2.46. The SMILES string of the molecule is [2H]C([2H])([2H])Oc1nc(N[C@@H]2CCN(C(C)=O)CC2(F)F)nn2cc(F)c(-c3cc(F)c4ncn(CC(F)F)c4c3)c12. The summed E-state index contributed by atoms with van der Waals surface area (Å²) in [6, 6.07) is 0.485. The molecule has 1 atom stereocenters. The van der Waals surface area contributed by atoms with Gasteiger partial charge in [0.05, 0.1) is 53.9 Å². The molecule has 9 nitrogen and oxygen atoms in total. The van der Waals surface area contributed by atoms with Crippen LogP contribution in [-0.4, -0.2) is 73.5 Å². The molecule has 1 amide bonds. The quantitative estimate of drug-likeness (QED) is 0.370. The predicted molar refractivity (Wildman–Crippen MR) is 123 cm³/mol. The molecule has 1 aliphatic heterocycles. The van der Waals surface area contributed by atoms with Gasteiger partial charge in [-0.3, -0.25) is 4.79 Å². The maximum Gasteiger partial charge on any atom is 0.285 e. The minimum absolute atomic E-state index is 0.00193. The van der Waals surface area contributed by atoms with Crippen molar-refractivity contribution in [2.24, 2.45) is 0 Å². The third kappa shape index (κ3) is 4.45. The van der Waals surface area contributed by atoms with E-state index in [4.69, 9.17) is 8.85 Å². The largest absolute Gasteiger partial charge is 0.479 e. The number of methoxy groups -OCH3 is 1. The van der Waals surface area contributed by atoms with E-state index in [0.717, 1.165) is 39.5 Å². The Labute approximate surface area is 215 Å². The van der Waals surface area contributed by atoms with E-state index in [1.807, 2.05) is 0 Å². The van der Waals surface area contributed by atoms with Crippen LogP contribution in [0.25, 0.3) is 27.7 Å². The Morgan fingerprint density at radius 1 is 1.32 bits per heavy atom. The standard InChI is InChI=1S/C23H21F6N7O2/c1-11(37)34-4-3-16(23(28,29)9-34)31-22-32-21(38-2)20-18(14(25)7-36(20)33-22)12-5-13(24)19-15(6-12)35(10-30-19)8-17(26)27/h5-7,10,16-17H,3-4,8-9H2,1-2H3,(H,31,33)/t16-/m1/s1/i2D3. The molecule has 0 unspecified atom stereocenters. The number of imidazole rings is 1. The van der Waals surface area contributed by atoms with Gasteiger partial charge in [-0.2, -0.15) is 4.98 Å². The van der Waals surface area contributed by atoms with Crippen molar-refractivity contribution in [3.8, 4) is 17.0 Å². The number of rotatable bonds is 6. The third-order valence-corrected chi connectivity index (χ3v) is 6.30. The molecule has 3 aromatic heterocycles. The van der Waals surface area contributed by atoms with Crippen molar-refractivity contribution in [1.29, 1.82) is 0 Å². The highest BCUT2D eigenvalue weighted by molar-refractivity contribution is 5.90. The van der Waals surface area contributed by atoms with Crippen molar-refractivity contribution < 1.29 is 40.0 Å². The number of likely N-dealkylation sites (tertiary alicyclic amines) is 1. The van der Waals surface area contributed by atoms with E-state index in [2.05, 4.69) is 20.4 Å². The number of piperidine rings is 1. The zero-order valence-corrected chi connectivity index (χ0v) is 19.6. The molecule has 4 heterocycles. The van der Waals surface area contributed by atoms with E-state index >= 15 is 4.39 Å². The van der Waals surface area contributed by atoms with Crippen LogP contribution in [0.15, 0.2) is 24.7 Å². The van der Waals surface area contributed by atoms with Gasteiger partial charge in [0.25, 0.3) is 12.3 Å². The zero-order chi connectivity index (χ0) is 29.9. The van der Waals surface area contributed by atoms with Crippen molar-refractivity contribution in [2.45, 2.75) is 38.3 Å². The average molecular weight is 544 g/mol. The highest BCUT2D eigenvalue weighted by Crippen LogP contribution is 2.37. The van der Waals surface area contributed by atoms with E-state index in [-0.39, 0.29) is 35.1 Å². The monoisotopic (exact) mass is 544 g/mol. The lowest BCUT2D eigenvalue weighted by Crippen LogP contribution is -2.55. The maximum absolute atomic E-state index is 15.4. The molecule has 1 N–H and O–H groups in total. The number of aromatic nitrogens is 5. The molecule has 0 bridgehead atoms. The first-order valence-corrected chi connectivity index (χ1v) is 11.2. The lowest BCUT2D eigenvalue weighted by atomic mass is 10.0. The van der Waals surface area contributed by atoms with Crippen LogP contribution < -0.4 is 10.1 Å². The number of alkyl halides is 4. The fourth-order valence-electron chi connectivity index (χ4n) is 4.53. The number of anilines is 1. The average Bonchev–Trinajstić information content (AvgIpc) is 3.39. The summed E-state index contributed by atoms with van der Waals surface area (Å²) in [6.45, 7) is -0.533. The van der Waals surface area contributed by atoms with E-state index in [1.54, 1.807) is 0 Å². The summed E-state index contributed by atoms with van der Waals surface area (Å²) in [5, 5.41) is 6.40. The number of hydrogen-bond acceptors (Lipinski definition) is 6. The van der Waals surface area contributed by atoms with Crippen LogP contribution in [0, 0.1) is 11.6 Å². The smallest absolute Gasteiger partial charge is 0.285 e. The van der Waals surface area contributed by atoms with Crippen molar-refractivity contribution >= 4 is 28.4 Å². The fourth-order valence-corrected chi connectivity index (χ4v) is 4.53. The molecule has 1 aliphatic rings. The Hall–Kier alpha value is -4.04. The lowest BCUT2D eigenvalue weighted by molar-refractivity contribution is -0.140. The third-order valence-electron chi connectivity index (χ3n) is 6.30. The molecule has 0 spiro atoms. The summed E-state index contributed by atoms with van der Waals surface area (Å²) in [5.41, 5.74) is -1.36. The fraction of sp³-hybridized carbons (Fsp3) is 0.391. The maximum atomic E-state index is 15.4. The summed E-state index contributed by atoms with van der Waals surface area (Å²) >= 11 is 0. The number of ether oxygens (including phenoxy) is 1. The minimum Gasteiger partial charge on any atom is -0.479 e. The Balaban J connectivity index is 1.61. The van der Waals surface area contributed by atoms with E-state index < -0.39 is 73.5 Å².